The van der Waals surface area contributed by atoms with Crippen molar-refractivity contribution < 1.29 is 6.11 Å². The normalized spacial score (nSPS) is 15.9. The molecule has 3 rings (SSSR count). The molecular weight excluding hydrogens is 192 g/mol. The number of aromatic nitrogens is 4. The summed E-state index contributed by atoms with van der Waals surface area (Å²) < 4.78 is 14.8. The third kappa shape index (κ3) is 1.41. The maximum absolute atomic E-state index is 7.49. The minimum absolute atomic E-state index is 0.238. The molecule has 0 bridgehead atoms. The van der Waals surface area contributed by atoms with E-state index in [1.165, 1.54) is 0 Å². The van der Waals surface area contributed by atoms with Crippen LogP contribution in [0.25, 0.3) is 11.5 Å². The van der Waals surface area contributed by atoms with Gasteiger partial charge < -0.3 is 9.30 Å². The van der Waals surface area contributed by atoms with E-state index in [4.69, 9.17) is 6.11 Å². The average molecular weight is 203 g/mol. The Morgan fingerprint density at radius 2 is 2.40 bits per heavy atom. The number of pyridine rings is 1. The van der Waals surface area contributed by atoms with Crippen molar-refractivity contribution in [2.24, 2.45) is 0 Å². The summed E-state index contributed by atoms with van der Waals surface area (Å²) in [5.41, 5.74) is 0.688. The predicted octanol–water partition coefficient (Wildman–Crippen LogP) is 0.870. The maximum atomic E-state index is 7.49. The predicted molar refractivity (Wildman–Crippen MR) is 52.9 cm³/mol. The minimum Gasteiger partial charge on any atom is -0.372 e. The molecule has 3 heterocycles. The van der Waals surface area contributed by atoms with Gasteiger partial charge in [0.2, 0.25) is 0 Å². The Morgan fingerprint density at radius 1 is 1.40 bits per heavy atom. The molecule has 1 aliphatic rings. The lowest BCUT2D eigenvalue weighted by atomic mass is 10.3. The monoisotopic (exact) mass is 203 g/mol. The smallest absolute Gasteiger partial charge is 0.182 e. The summed E-state index contributed by atoms with van der Waals surface area (Å²) >= 11 is 0. The van der Waals surface area contributed by atoms with Crippen molar-refractivity contribution in [1.82, 2.24) is 19.7 Å². The number of nitrogens with zero attached hydrogens (tertiary/aromatic N) is 4. The van der Waals surface area contributed by atoms with Gasteiger partial charge in [-0.2, -0.15) is 0 Å². The first-order valence-electron chi connectivity index (χ1n) is 5.28. The Hall–Kier alpha value is -1.75. The Kier molecular flexibility index (Phi) is 1.72. The molecule has 0 saturated carbocycles. The third-order valence-corrected chi connectivity index (χ3v) is 2.36. The first kappa shape index (κ1) is 7.53. The van der Waals surface area contributed by atoms with E-state index in [-0.39, 0.29) is 6.17 Å². The number of ether oxygens (including phenoxy) is 1. The number of hydrogen-bond acceptors (Lipinski definition) is 4. The molecule has 2 aromatic heterocycles. The van der Waals surface area contributed by atoms with E-state index in [0.717, 1.165) is 12.4 Å². The topological polar surface area (TPSA) is 52.8 Å². The molecule has 0 spiro atoms. The van der Waals surface area contributed by atoms with Crippen LogP contribution in [0.4, 0.5) is 0 Å². The molecule has 0 unspecified atom stereocenters. The lowest BCUT2D eigenvalue weighted by Gasteiger charge is -2.14. The van der Waals surface area contributed by atoms with Gasteiger partial charge in [0.15, 0.2) is 11.6 Å². The van der Waals surface area contributed by atoms with Gasteiger partial charge in [-0.05, 0) is 12.1 Å². The van der Waals surface area contributed by atoms with Gasteiger partial charge in [-0.3, -0.25) is 4.98 Å². The van der Waals surface area contributed by atoms with E-state index in [0.29, 0.717) is 24.7 Å². The first-order chi connectivity index (χ1) is 7.84. The highest BCUT2D eigenvalue weighted by Crippen LogP contribution is 2.17. The summed E-state index contributed by atoms with van der Waals surface area (Å²) in [6, 6.07) is 5.27. The molecule has 15 heavy (non-hydrogen) atoms. The molecule has 0 aromatic carbocycles. The number of rotatable bonds is 1. The van der Waals surface area contributed by atoms with Crippen molar-refractivity contribution in [3.63, 3.8) is 0 Å². The highest BCUT2D eigenvalue weighted by atomic mass is 16.5. The molecule has 5 nitrogen and oxygen atoms in total. The molecule has 76 valence electrons. The highest BCUT2D eigenvalue weighted by Gasteiger charge is 2.17. The average Bonchev–Trinajstić information content (AvgIpc) is 2.72. The lowest BCUT2D eigenvalue weighted by molar-refractivity contribution is 0.0820. The zero-order valence-corrected chi connectivity index (χ0v) is 8.05. The van der Waals surface area contributed by atoms with E-state index >= 15 is 0 Å². The summed E-state index contributed by atoms with van der Waals surface area (Å²) in [6.45, 7) is 1.90. The van der Waals surface area contributed by atoms with Crippen LogP contribution in [0.2, 0.25) is 0 Å². The summed E-state index contributed by atoms with van der Waals surface area (Å²) in [5, 5.41) is 8.15. The standard InChI is InChI=1S/C10H10N4O/c1-2-4-11-8(3-1)10-13-12-9-7-15-6-5-14(9)10/h1-4H,5-7H2/i4D. The fourth-order valence-corrected chi connectivity index (χ4v) is 1.64. The van der Waals surface area contributed by atoms with Crippen molar-refractivity contribution in [3.05, 3.63) is 30.2 Å². The third-order valence-electron chi connectivity index (χ3n) is 2.36. The van der Waals surface area contributed by atoms with Crippen LogP contribution < -0.4 is 0 Å². The van der Waals surface area contributed by atoms with Gasteiger partial charge in [-0.15, -0.1) is 10.2 Å². The van der Waals surface area contributed by atoms with Gasteiger partial charge in [0, 0.05) is 12.7 Å². The van der Waals surface area contributed by atoms with Crippen molar-refractivity contribution in [1.29, 1.82) is 0 Å². The fourth-order valence-electron chi connectivity index (χ4n) is 1.64. The van der Waals surface area contributed by atoms with Gasteiger partial charge >= 0.3 is 0 Å². The molecule has 0 aliphatic carbocycles. The molecule has 2 aromatic rings. The van der Waals surface area contributed by atoms with Gasteiger partial charge in [0.25, 0.3) is 0 Å². The van der Waals surface area contributed by atoms with E-state index in [2.05, 4.69) is 15.2 Å². The number of fused-ring (bicyclic) bond motifs is 1. The summed E-state index contributed by atoms with van der Waals surface area (Å²) in [5.74, 6) is 1.53. The second-order valence-corrected chi connectivity index (χ2v) is 3.30. The van der Waals surface area contributed by atoms with Gasteiger partial charge in [-0.1, -0.05) is 6.07 Å². The lowest BCUT2D eigenvalue weighted by Crippen LogP contribution is -2.17. The quantitative estimate of drug-likeness (QED) is 0.690. The zero-order chi connectivity index (χ0) is 11.0. The Bertz CT molecular complexity index is 525. The molecule has 0 atom stereocenters. The SMILES string of the molecule is [2H]c1cccc(-c2nnc3n2CCOC3)n1. The molecule has 0 N–H and O–H groups in total. The van der Waals surface area contributed by atoms with E-state index < -0.39 is 0 Å². The summed E-state index contributed by atoms with van der Waals surface area (Å²) in [6.07, 6.45) is 0.238. The molecule has 0 radical (unpaired) electrons. The van der Waals surface area contributed by atoms with Gasteiger partial charge in [-0.25, -0.2) is 0 Å². The number of hydrogen-bond donors (Lipinski definition) is 0. The molecular formula is C10H10N4O. The van der Waals surface area contributed by atoms with E-state index in [1.807, 2.05) is 10.6 Å². The summed E-state index contributed by atoms with van der Waals surface area (Å²) in [4.78, 5) is 4.13. The molecule has 5 heteroatoms. The second kappa shape index (κ2) is 3.43. The van der Waals surface area contributed by atoms with Crippen LogP contribution >= 0.6 is 0 Å². The van der Waals surface area contributed by atoms with Crippen LogP contribution in [0, 0.1) is 0 Å². The van der Waals surface area contributed by atoms with Crippen LogP contribution in [0.15, 0.2) is 24.4 Å². The van der Waals surface area contributed by atoms with Gasteiger partial charge in [0.05, 0.1) is 7.98 Å². The zero-order valence-electron chi connectivity index (χ0n) is 9.05. The van der Waals surface area contributed by atoms with Crippen LogP contribution in [-0.4, -0.2) is 26.4 Å². The van der Waals surface area contributed by atoms with Crippen molar-refractivity contribution >= 4 is 0 Å². The van der Waals surface area contributed by atoms with Gasteiger partial charge in [0.1, 0.15) is 12.3 Å². The second-order valence-electron chi connectivity index (χ2n) is 3.30. The van der Waals surface area contributed by atoms with E-state index in [1.54, 1.807) is 12.1 Å². The highest BCUT2D eigenvalue weighted by molar-refractivity contribution is 5.48. The largest absolute Gasteiger partial charge is 0.372 e. The fraction of sp³-hybridized carbons (Fsp3) is 0.300. The Balaban J connectivity index is 2.09. The molecule has 0 fully saturated rings. The van der Waals surface area contributed by atoms with Crippen LogP contribution in [0.1, 0.15) is 7.20 Å². The van der Waals surface area contributed by atoms with Crippen molar-refractivity contribution in [3.8, 4) is 11.5 Å². The van der Waals surface area contributed by atoms with E-state index in [9.17, 15) is 0 Å². The molecule has 1 aliphatic heterocycles. The van der Waals surface area contributed by atoms with Crippen LogP contribution in [0.5, 0.6) is 0 Å². The molecule has 0 saturated heterocycles. The van der Waals surface area contributed by atoms with Crippen LogP contribution in [-0.2, 0) is 17.9 Å². The van der Waals surface area contributed by atoms with Crippen LogP contribution in [0.3, 0.4) is 0 Å². The maximum Gasteiger partial charge on any atom is 0.182 e. The van der Waals surface area contributed by atoms with Crippen molar-refractivity contribution in [2.75, 3.05) is 6.61 Å². The Morgan fingerprint density at radius 3 is 3.33 bits per heavy atom. The Labute approximate surface area is 88.1 Å². The van der Waals surface area contributed by atoms with Crippen molar-refractivity contribution in [2.45, 2.75) is 13.2 Å². The summed E-state index contributed by atoms with van der Waals surface area (Å²) in [7, 11) is 0. The minimum atomic E-state index is 0.238. The molecule has 0 amide bonds. The first-order valence-corrected chi connectivity index (χ1v) is 4.78.